The molecule has 1 aliphatic carbocycles. The molecule has 230 valence electrons. The average Bonchev–Trinajstić information content (AvgIpc) is 3.39. The third-order valence-corrected chi connectivity index (χ3v) is 9.74. The van der Waals surface area contributed by atoms with Crippen LogP contribution in [-0.4, -0.2) is 50.3 Å². The van der Waals surface area contributed by atoms with Gasteiger partial charge in [0.2, 0.25) is 12.2 Å². The number of thiophene rings is 1. The molecule has 1 aromatic heterocycles. The number of quaternary nitrogens is 1. The Morgan fingerprint density at radius 2 is 1.60 bits per heavy atom. The minimum Gasteiger partial charge on any atom is -0.425 e. The third-order valence-electron chi connectivity index (χ3n) is 8.58. The highest BCUT2D eigenvalue weighted by atomic mass is 32.1. The molecule has 4 rings (SSSR count). The predicted molar refractivity (Wildman–Crippen MR) is 168 cm³/mol. The van der Waals surface area contributed by atoms with Crippen LogP contribution in [0.5, 0.6) is 0 Å². The fourth-order valence-electron chi connectivity index (χ4n) is 5.97. The Kier molecular flexibility index (Phi) is 11.2. The topological polar surface area (TPSA) is 77.3 Å². The summed E-state index contributed by atoms with van der Waals surface area (Å²) in [6.45, 7) is 11.8. The van der Waals surface area contributed by atoms with Gasteiger partial charge in [0, 0.05) is 42.0 Å². The lowest BCUT2D eigenvalue weighted by Gasteiger charge is -2.38. The van der Waals surface area contributed by atoms with Gasteiger partial charge < -0.3 is 19.3 Å². The molecule has 2 aromatic rings. The van der Waals surface area contributed by atoms with E-state index in [9.17, 15) is 14.4 Å². The van der Waals surface area contributed by atoms with Gasteiger partial charge in [-0.1, -0.05) is 65.0 Å². The highest BCUT2D eigenvalue weighted by Crippen LogP contribution is 2.41. The summed E-state index contributed by atoms with van der Waals surface area (Å²) in [4.78, 5) is 45.6. The van der Waals surface area contributed by atoms with Crippen LogP contribution in [0, 0.1) is 23.7 Å². The van der Waals surface area contributed by atoms with E-state index in [4.69, 9.17) is 9.47 Å². The van der Waals surface area contributed by atoms with Gasteiger partial charge in [-0.25, -0.2) is 4.79 Å². The molecule has 1 atom stereocenters. The Balaban J connectivity index is 1.72. The van der Waals surface area contributed by atoms with Crippen molar-refractivity contribution < 1.29 is 28.8 Å². The van der Waals surface area contributed by atoms with Crippen LogP contribution in [0.25, 0.3) is 10.4 Å². The van der Waals surface area contributed by atoms with Crippen LogP contribution < -0.4 is 9.80 Å². The number of carbonyl (C=O) groups excluding carboxylic acids is 3. The Bertz CT molecular complexity index is 1190. The van der Waals surface area contributed by atoms with E-state index in [1.54, 1.807) is 0 Å². The maximum atomic E-state index is 14.4. The molecule has 2 fully saturated rings. The van der Waals surface area contributed by atoms with Crippen molar-refractivity contribution in [1.82, 2.24) is 0 Å². The largest absolute Gasteiger partial charge is 0.425 e. The number of nitrogens with one attached hydrogen (secondary N) is 1. The van der Waals surface area contributed by atoms with Crippen molar-refractivity contribution in [3.63, 3.8) is 0 Å². The van der Waals surface area contributed by atoms with Gasteiger partial charge in [0.15, 0.2) is 0 Å². The zero-order valence-electron chi connectivity index (χ0n) is 26.2. The number of likely N-dealkylation sites (tertiary alicyclic amines) is 1. The second kappa shape index (κ2) is 14.6. The lowest BCUT2D eigenvalue weighted by Crippen LogP contribution is -3.10. The summed E-state index contributed by atoms with van der Waals surface area (Å²) in [7, 11) is 2.19. The molecule has 1 N–H and O–H groups in total. The van der Waals surface area contributed by atoms with Gasteiger partial charge in [-0.15, -0.1) is 11.3 Å². The first kappa shape index (κ1) is 32.2. The molecule has 2 aliphatic rings. The smallest absolute Gasteiger partial charge is 0.353 e. The molecule has 1 aromatic carbocycles. The zero-order valence-corrected chi connectivity index (χ0v) is 27.0. The first-order valence-corrected chi connectivity index (χ1v) is 16.6. The predicted octanol–water partition coefficient (Wildman–Crippen LogP) is 5.98. The molecule has 8 heteroatoms. The number of ether oxygens (including phenoxy) is 2. The average molecular weight is 598 g/mol. The number of hydrogen-bond donors (Lipinski definition) is 1. The van der Waals surface area contributed by atoms with Crippen molar-refractivity contribution in [1.29, 1.82) is 0 Å². The van der Waals surface area contributed by atoms with Gasteiger partial charge >= 0.3 is 11.9 Å². The fraction of sp³-hybridized carbons (Fsp3) is 0.618. The summed E-state index contributed by atoms with van der Waals surface area (Å²) in [5, 5.41) is 0. The SMILES string of the molecule is CC(C)CC(=O)OC(OC(=O)c1sc(-c2ccccc2)cc1N(C(=O)C1CCC(C)CC1)C1CC[NH+](C)CC1)C(C)C. The van der Waals surface area contributed by atoms with E-state index >= 15 is 0 Å². The van der Waals surface area contributed by atoms with E-state index in [1.165, 1.54) is 16.2 Å². The minimum absolute atomic E-state index is 0.0232. The highest BCUT2D eigenvalue weighted by molar-refractivity contribution is 7.18. The van der Waals surface area contributed by atoms with Gasteiger partial charge in [-0.2, -0.15) is 0 Å². The third kappa shape index (κ3) is 8.22. The molecular formula is C34H49N2O5S+. The van der Waals surface area contributed by atoms with E-state index in [0.717, 1.165) is 62.1 Å². The molecular weight excluding hydrogens is 548 g/mol. The van der Waals surface area contributed by atoms with Crippen LogP contribution in [0.15, 0.2) is 36.4 Å². The van der Waals surface area contributed by atoms with Crippen LogP contribution in [0.1, 0.15) is 89.2 Å². The Labute approximate surface area is 255 Å². The number of anilines is 1. The number of carbonyl (C=O) groups is 3. The molecule has 1 saturated carbocycles. The van der Waals surface area contributed by atoms with Crippen molar-refractivity contribution in [2.75, 3.05) is 25.0 Å². The molecule has 1 unspecified atom stereocenters. The lowest BCUT2D eigenvalue weighted by molar-refractivity contribution is -0.884. The van der Waals surface area contributed by atoms with Crippen LogP contribution in [0.3, 0.4) is 0 Å². The molecule has 0 spiro atoms. The summed E-state index contributed by atoms with van der Waals surface area (Å²) in [5.74, 6) is -0.304. The van der Waals surface area contributed by atoms with E-state index in [1.807, 2.05) is 69.0 Å². The number of benzene rings is 1. The summed E-state index contributed by atoms with van der Waals surface area (Å²) in [6.07, 6.45) is 4.87. The van der Waals surface area contributed by atoms with Crippen molar-refractivity contribution in [3.8, 4) is 10.4 Å². The van der Waals surface area contributed by atoms with E-state index < -0.39 is 12.3 Å². The zero-order chi connectivity index (χ0) is 30.4. The van der Waals surface area contributed by atoms with E-state index in [0.29, 0.717) is 16.5 Å². The maximum absolute atomic E-state index is 14.4. The normalized spacial score (nSPS) is 23.4. The first-order valence-electron chi connectivity index (χ1n) is 15.8. The second-order valence-corrected chi connectivity index (χ2v) is 14.2. The van der Waals surface area contributed by atoms with Crippen LogP contribution in [-0.2, 0) is 19.1 Å². The van der Waals surface area contributed by atoms with Gasteiger partial charge in [0.25, 0.3) is 0 Å². The van der Waals surface area contributed by atoms with Crippen LogP contribution in [0.2, 0.25) is 0 Å². The second-order valence-electron chi connectivity index (χ2n) is 13.1. The number of nitrogens with zero attached hydrogens (tertiary/aromatic N) is 1. The number of esters is 2. The van der Waals surface area contributed by atoms with Crippen molar-refractivity contribution >= 4 is 34.9 Å². The van der Waals surface area contributed by atoms with Crippen LogP contribution in [0.4, 0.5) is 5.69 Å². The summed E-state index contributed by atoms with van der Waals surface area (Å²) in [5.41, 5.74) is 1.62. The molecule has 0 radical (unpaired) electrons. The van der Waals surface area contributed by atoms with Gasteiger partial charge in [-0.05, 0) is 49.1 Å². The molecule has 0 bridgehead atoms. The molecule has 1 saturated heterocycles. The first-order chi connectivity index (χ1) is 20.0. The van der Waals surface area contributed by atoms with Gasteiger partial charge in [0.1, 0.15) is 4.88 Å². The van der Waals surface area contributed by atoms with Crippen molar-refractivity contribution in [2.24, 2.45) is 23.7 Å². The molecule has 2 heterocycles. The van der Waals surface area contributed by atoms with Crippen molar-refractivity contribution in [2.45, 2.75) is 91.9 Å². The number of piperidine rings is 1. The van der Waals surface area contributed by atoms with Gasteiger partial charge in [-0.3, -0.25) is 9.59 Å². The minimum atomic E-state index is -1.00. The summed E-state index contributed by atoms with van der Waals surface area (Å²) < 4.78 is 11.5. The quantitative estimate of drug-likeness (QED) is 0.269. The Morgan fingerprint density at radius 1 is 0.952 bits per heavy atom. The van der Waals surface area contributed by atoms with E-state index in [-0.39, 0.29) is 42.1 Å². The van der Waals surface area contributed by atoms with Gasteiger partial charge in [0.05, 0.1) is 25.8 Å². The summed E-state index contributed by atoms with van der Waals surface area (Å²) in [6, 6.07) is 12.0. The monoisotopic (exact) mass is 597 g/mol. The maximum Gasteiger partial charge on any atom is 0.353 e. The lowest BCUT2D eigenvalue weighted by atomic mass is 9.82. The fourth-order valence-corrected chi connectivity index (χ4v) is 7.01. The van der Waals surface area contributed by atoms with E-state index in [2.05, 4.69) is 14.0 Å². The molecule has 42 heavy (non-hydrogen) atoms. The standard InChI is InChI=1S/C34H48N2O5S/c1-22(2)20-30(37)40-34(23(3)4)41-33(39)31-28(21-29(42-31)25-10-8-7-9-11-25)36(27-16-18-35(6)19-17-27)32(38)26-14-12-24(5)13-15-26/h7-11,21-24,26-27,34H,12-20H2,1-6H3/p+1. The molecule has 1 amide bonds. The van der Waals surface area contributed by atoms with Crippen molar-refractivity contribution in [3.05, 3.63) is 41.3 Å². The number of rotatable bonds is 10. The highest BCUT2D eigenvalue weighted by Gasteiger charge is 2.38. The van der Waals surface area contributed by atoms with Crippen LogP contribution >= 0.6 is 11.3 Å². The molecule has 1 aliphatic heterocycles. The molecule has 7 nitrogen and oxygen atoms in total. The summed E-state index contributed by atoms with van der Waals surface area (Å²) >= 11 is 1.35. The Morgan fingerprint density at radius 3 is 2.19 bits per heavy atom. The number of amides is 1. The number of hydrogen-bond acceptors (Lipinski definition) is 6. The Hall–Kier alpha value is -2.71.